The van der Waals surface area contributed by atoms with Crippen LogP contribution in [0.3, 0.4) is 0 Å². The fourth-order valence-corrected chi connectivity index (χ4v) is 5.71. The Morgan fingerprint density at radius 1 is 1.20 bits per heavy atom. The number of imidazole rings is 1. The van der Waals surface area contributed by atoms with E-state index in [1.165, 1.54) is 11.3 Å². The molecule has 3 aromatic heterocycles. The third-order valence-corrected chi connectivity index (χ3v) is 8.03. The minimum atomic E-state index is -0.214. The summed E-state index contributed by atoms with van der Waals surface area (Å²) in [7, 11) is 3.43. The summed E-state index contributed by atoms with van der Waals surface area (Å²) in [5.41, 5.74) is 2.93. The van der Waals surface area contributed by atoms with Gasteiger partial charge in [0.25, 0.3) is 5.91 Å². The summed E-state index contributed by atoms with van der Waals surface area (Å²) in [4.78, 5) is 42.9. The van der Waals surface area contributed by atoms with E-state index >= 15 is 0 Å². The first kappa shape index (κ1) is 27.5. The highest BCUT2D eigenvalue weighted by Crippen LogP contribution is 2.36. The Labute approximate surface area is 237 Å². The maximum Gasteiger partial charge on any atom is 0.257 e. The van der Waals surface area contributed by atoms with Crippen LogP contribution in [0.1, 0.15) is 53.3 Å². The first-order valence-corrected chi connectivity index (χ1v) is 14.2. The van der Waals surface area contributed by atoms with Crippen molar-refractivity contribution in [3.05, 3.63) is 71.3 Å². The van der Waals surface area contributed by atoms with Crippen molar-refractivity contribution in [3.63, 3.8) is 0 Å². The minimum Gasteiger partial charge on any atom is -0.381 e. The lowest BCUT2D eigenvalue weighted by atomic mass is 10.0. The van der Waals surface area contributed by atoms with Gasteiger partial charge in [0.05, 0.1) is 12.6 Å². The second kappa shape index (κ2) is 12.4. The van der Waals surface area contributed by atoms with Crippen LogP contribution in [0, 0.1) is 0 Å². The van der Waals surface area contributed by atoms with E-state index in [1.54, 1.807) is 43.8 Å². The molecule has 0 bridgehead atoms. The Hall–Kier alpha value is -4.09. The van der Waals surface area contributed by atoms with Crippen LogP contribution in [-0.2, 0) is 16.0 Å². The molecule has 2 N–H and O–H groups in total. The second-order valence-corrected chi connectivity index (χ2v) is 10.6. The molecule has 1 aromatic carbocycles. The topological polar surface area (TPSA) is 114 Å². The largest absolute Gasteiger partial charge is 0.381 e. The Morgan fingerprint density at radius 2 is 2.02 bits per heavy atom. The van der Waals surface area contributed by atoms with Crippen LogP contribution < -0.4 is 10.6 Å². The number of hydrogen-bond acceptors (Lipinski definition) is 8. The number of likely N-dealkylation sites (tertiary alicyclic amines) is 1. The van der Waals surface area contributed by atoms with Crippen molar-refractivity contribution in [2.75, 3.05) is 37.9 Å². The molecule has 10 nitrogen and oxygen atoms in total. The van der Waals surface area contributed by atoms with Crippen molar-refractivity contribution >= 4 is 39.6 Å². The fourth-order valence-electron chi connectivity index (χ4n) is 4.96. The maximum absolute atomic E-state index is 13.1. The molecule has 1 aliphatic rings. The Morgan fingerprint density at radius 3 is 2.75 bits per heavy atom. The number of carbonyl (C=O) groups is 2. The van der Waals surface area contributed by atoms with Gasteiger partial charge in [-0.1, -0.05) is 25.1 Å². The number of anilines is 2. The molecule has 1 atom stereocenters. The van der Waals surface area contributed by atoms with E-state index in [2.05, 4.69) is 27.5 Å². The van der Waals surface area contributed by atoms with Crippen LogP contribution in [0.25, 0.3) is 16.8 Å². The summed E-state index contributed by atoms with van der Waals surface area (Å²) in [6.07, 6.45) is 12.4. The zero-order chi connectivity index (χ0) is 28.1. The lowest BCUT2D eigenvalue weighted by molar-refractivity contribution is -0.130. The Balaban J connectivity index is 1.49. The van der Waals surface area contributed by atoms with Crippen molar-refractivity contribution < 1.29 is 14.3 Å². The summed E-state index contributed by atoms with van der Waals surface area (Å²) in [6.45, 7) is 3.11. The highest BCUT2D eigenvalue weighted by molar-refractivity contribution is 7.15. The number of piperidine rings is 1. The van der Waals surface area contributed by atoms with Crippen molar-refractivity contribution in [1.82, 2.24) is 24.3 Å². The van der Waals surface area contributed by atoms with Gasteiger partial charge >= 0.3 is 0 Å². The Kier molecular flexibility index (Phi) is 8.51. The van der Waals surface area contributed by atoms with Gasteiger partial charge in [-0.05, 0) is 37.8 Å². The van der Waals surface area contributed by atoms with Gasteiger partial charge in [0.2, 0.25) is 5.91 Å². The monoisotopic (exact) mass is 559 g/mol. The summed E-state index contributed by atoms with van der Waals surface area (Å²) in [5.74, 6) is 1.20. The van der Waals surface area contributed by atoms with E-state index in [4.69, 9.17) is 9.72 Å². The first-order valence-electron chi connectivity index (χ1n) is 13.4. The maximum atomic E-state index is 13.1. The number of rotatable bonds is 9. The van der Waals surface area contributed by atoms with Crippen LogP contribution in [0.15, 0.2) is 55.0 Å². The molecule has 0 saturated carbocycles. The molecule has 0 unspecified atom stereocenters. The van der Waals surface area contributed by atoms with Crippen LogP contribution in [0.4, 0.5) is 10.9 Å². The van der Waals surface area contributed by atoms with Gasteiger partial charge in [-0.2, -0.15) is 0 Å². The lowest BCUT2D eigenvalue weighted by Crippen LogP contribution is -2.38. The highest BCUT2D eigenvalue weighted by atomic mass is 32.1. The normalized spacial score (nSPS) is 15.6. The highest BCUT2D eigenvalue weighted by Gasteiger charge is 2.31. The number of nitrogens with one attached hydrogen (secondary N) is 2. The number of thiazole rings is 1. The number of aryl methyl sites for hydroxylation is 1. The van der Waals surface area contributed by atoms with Crippen molar-refractivity contribution in [2.24, 2.45) is 0 Å². The van der Waals surface area contributed by atoms with Gasteiger partial charge in [-0.25, -0.2) is 15.0 Å². The molecule has 1 aliphatic heterocycles. The zero-order valence-corrected chi connectivity index (χ0v) is 23.7. The first-order chi connectivity index (χ1) is 19.5. The van der Waals surface area contributed by atoms with Gasteiger partial charge < -0.3 is 15.0 Å². The van der Waals surface area contributed by atoms with Gasteiger partial charge in [0.1, 0.15) is 17.0 Å². The number of fused-ring (bicyclic) bond motifs is 1. The van der Waals surface area contributed by atoms with E-state index < -0.39 is 0 Å². The average Bonchev–Trinajstić information content (AvgIpc) is 3.62. The molecular formula is C29H33N7O3S. The number of aromatic nitrogens is 4. The average molecular weight is 560 g/mol. The van der Waals surface area contributed by atoms with Crippen molar-refractivity contribution in [1.29, 1.82) is 0 Å². The molecule has 4 heterocycles. The standard InChI is InChI=1S/C29H33N7O3S/c1-4-21-18-32-29(40-21)34-28(38)20-12-10-19(11-13-20)24-25-26(30-2)31-14-16-36(25)27(33-24)22-8-5-6-15-35(22)23(37)9-7-17-39-3/h7,9-14,16,18,22H,4-6,8,15,17H2,1-3H3,(H,30,31)(H,32,34,38)/b9-7+/t22-/m0/s1. The number of benzene rings is 1. The minimum absolute atomic E-state index is 0.0513. The van der Waals surface area contributed by atoms with Gasteiger partial charge in [0.15, 0.2) is 10.9 Å². The number of methoxy groups -OCH3 is 1. The van der Waals surface area contributed by atoms with E-state index in [0.29, 0.717) is 29.7 Å². The zero-order valence-electron chi connectivity index (χ0n) is 22.9. The molecule has 5 rings (SSSR count). The van der Waals surface area contributed by atoms with E-state index in [9.17, 15) is 9.59 Å². The smallest absolute Gasteiger partial charge is 0.257 e. The number of carbonyl (C=O) groups excluding carboxylic acids is 2. The van der Waals surface area contributed by atoms with E-state index in [1.807, 2.05) is 34.7 Å². The number of ether oxygens (including phenoxy) is 1. The molecule has 1 fully saturated rings. The fraction of sp³-hybridized carbons (Fsp3) is 0.345. The number of nitrogens with zero attached hydrogens (tertiary/aromatic N) is 5. The predicted octanol–water partition coefficient (Wildman–Crippen LogP) is 4.97. The van der Waals surface area contributed by atoms with Crippen LogP contribution in [0.5, 0.6) is 0 Å². The molecule has 1 saturated heterocycles. The van der Waals surface area contributed by atoms with Crippen molar-refractivity contribution in [2.45, 2.75) is 38.6 Å². The van der Waals surface area contributed by atoms with E-state index in [0.717, 1.165) is 53.2 Å². The van der Waals surface area contributed by atoms with Gasteiger partial charge in [-0.3, -0.25) is 19.3 Å². The quantitative estimate of drug-likeness (QED) is 0.279. The third kappa shape index (κ3) is 5.61. The molecule has 0 radical (unpaired) electrons. The second-order valence-electron chi connectivity index (χ2n) is 9.48. The van der Waals surface area contributed by atoms with Crippen LogP contribution in [0.2, 0.25) is 0 Å². The van der Waals surface area contributed by atoms with Crippen molar-refractivity contribution in [3.8, 4) is 11.3 Å². The molecule has 208 valence electrons. The lowest BCUT2D eigenvalue weighted by Gasteiger charge is -2.34. The summed E-state index contributed by atoms with van der Waals surface area (Å²) >= 11 is 1.48. The third-order valence-electron chi connectivity index (χ3n) is 6.97. The SMILES string of the molecule is CCc1cnc(NC(=O)c2ccc(-c3nc([C@@H]4CCCCN4C(=O)/C=C/COC)n4ccnc(NC)c34)cc2)s1. The van der Waals surface area contributed by atoms with Gasteiger partial charge in [0, 0.05) is 61.4 Å². The molecule has 4 aromatic rings. The molecular weight excluding hydrogens is 526 g/mol. The van der Waals surface area contributed by atoms with Crippen LogP contribution >= 0.6 is 11.3 Å². The molecule has 40 heavy (non-hydrogen) atoms. The molecule has 0 aliphatic carbocycles. The summed E-state index contributed by atoms with van der Waals surface area (Å²) in [5, 5.41) is 6.65. The van der Waals surface area contributed by atoms with Gasteiger partial charge in [-0.15, -0.1) is 11.3 Å². The molecule has 11 heteroatoms. The number of amides is 2. The number of hydrogen-bond donors (Lipinski definition) is 2. The summed E-state index contributed by atoms with van der Waals surface area (Å²) in [6, 6.07) is 7.18. The Bertz CT molecular complexity index is 1530. The predicted molar refractivity (Wildman–Crippen MR) is 157 cm³/mol. The van der Waals surface area contributed by atoms with Crippen LogP contribution in [-0.4, -0.2) is 63.4 Å². The van der Waals surface area contributed by atoms with E-state index in [-0.39, 0.29) is 17.9 Å². The summed E-state index contributed by atoms with van der Waals surface area (Å²) < 4.78 is 7.09. The molecule has 2 amide bonds. The molecule has 0 spiro atoms.